The molecule has 2 saturated heterocycles. The molecule has 2 fully saturated rings. The van der Waals surface area contributed by atoms with Gasteiger partial charge in [0.1, 0.15) is 5.60 Å². The summed E-state index contributed by atoms with van der Waals surface area (Å²) >= 11 is 0. The van der Waals surface area contributed by atoms with E-state index in [4.69, 9.17) is 19.3 Å². The van der Waals surface area contributed by atoms with Crippen LogP contribution >= 0.6 is 0 Å². The standard InChI is InChI=1S/C24H33NO6/c1-4-29-19-9-5-8-15-22-16(24(2,3)31-23(15)19)14-17-18(30-22)10-7-13-25(17)20(26)11-6-12-21(27)28/h5,8-9,16-18,22H,4,6-7,10-14H2,1-3H3,(H,27,28)/t16-,17-,18-,22+/m0/s1. The van der Waals surface area contributed by atoms with Crippen molar-refractivity contribution < 1.29 is 28.9 Å². The number of carbonyl (C=O) groups is 2. The van der Waals surface area contributed by atoms with Gasteiger partial charge in [-0.2, -0.15) is 0 Å². The highest BCUT2D eigenvalue weighted by Crippen LogP contribution is 2.54. The molecule has 1 amide bonds. The van der Waals surface area contributed by atoms with Crippen molar-refractivity contribution in [1.82, 2.24) is 4.90 Å². The van der Waals surface area contributed by atoms with Gasteiger partial charge in [-0.1, -0.05) is 12.1 Å². The van der Waals surface area contributed by atoms with Crippen molar-refractivity contribution in [2.24, 2.45) is 5.92 Å². The average Bonchev–Trinajstić information content (AvgIpc) is 2.72. The molecule has 3 aliphatic heterocycles. The first-order valence-electron chi connectivity index (χ1n) is 11.4. The number of piperidine rings is 1. The summed E-state index contributed by atoms with van der Waals surface area (Å²) in [6, 6.07) is 5.98. The third-order valence-electron chi connectivity index (χ3n) is 6.87. The minimum atomic E-state index is -0.862. The monoisotopic (exact) mass is 431 g/mol. The van der Waals surface area contributed by atoms with Crippen LogP contribution in [0.2, 0.25) is 0 Å². The lowest BCUT2D eigenvalue weighted by Crippen LogP contribution is -2.60. The van der Waals surface area contributed by atoms with Crippen molar-refractivity contribution in [2.75, 3.05) is 13.2 Å². The molecule has 1 N–H and O–H groups in total. The summed E-state index contributed by atoms with van der Waals surface area (Å²) in [5.41, 5.74) is 0.560. The zero-order valence-corrected chi connectivity index (χ0v) is 18.6. The zero-order valence-electron chi connectivity index (χ0n) is 18.6. The van der Waals surface area contributed by atoms with E-state index in [0.717, 1.165) is 36.3 Å². The van der Waals surface area contributed by atoms with E-state index >= 15 is 0 Å². The van der Waals surface area contributed by atoms with Crippen LogP contribution in [0.5, 0.6) is 11.5 Å². The molecule has 0 aromatic heterocycles. The summed E-state index contributed by atoms with van der Waals surface area (Å²) in [7, 11) is 0. The lowest BCUT2D eigenvalue weighted by atomic mass is 9.72. The first kappa shape index (κ1) is 21.9. The predicted molar refractivity (Wildman–Crippen MR) is 114 cm³/mol. The summed E-state index contributed by atoms with van der Waals surface area (Å²) in [6.07, 6.45) is 3.18. The number of carbonyl (C=O) groups excluding carboxylic acids is 1. The number of ether oxygens (including phenoxy) is 3. The summed E-state index contributed by atoms with van der Waals surface area (Å²) in [6.45, 7) is 7.41. The molecule has 4 atom stereocenters. The van der Waals surface area contributed by atoms with Gasteiger partial charge < -0.3 is 24.2 Å². The van der Waals surface area contributed by atoms with Gasteiger partial charge >= 0.3 is 5.97 Å². The summed E-state index contributed by atoms with van der Waals surface area (Å²) in [5, 5.41) is 8.88. The Bertz CT molecular complexity index is 837. The number of carboxylic acids is 1. The van der Waals surface area contributed by atoms with Gasteiger partial charge in [-0.25, -0.2) is 0 Å². The van der Waals surface area contributed by atoms with Crippen molar-refractivity contribution in [2.45, 2.75) is 83.1 Å². The first-order chi connectivity index (χ1) is 14.8. The van der Waals surface area contributed by atoms with Crippen molar-refractivity contribution in [3.8, 4) is 11.5 Å². The van der Waals surface area contributed by atoms with Crippen molar-refractivity contribution in [3.05, 3.63) is 23.8 Å². The Morgan fingerprint density at radius 3 is 2.84 bits per heavy atom. The van der Waals surface area contributed by atoms with Crippen LogP contribution < -0.4 is 9.47 Å². The fourth-order valence-corrected chi connectivity index (χ4v) is 5.38. The maximum Gasteiger partial charge on any atom is 0.303 e. The normalized spacial score (nSPS) is 28.5. The van der Waals surface area contributed by atoms with Gasteiger partial charge in [0, 0.05) is 30.9 Å². The van der Waals surface area contributed by atoms with E-state index in [2.05, 4.69) is 19.9 Å². The second-order valence-corrected chi connectivity index (χ2v) is 9.29. The zero-order chi connectivity index (χ0) is 22.2. The Morgan fingerprint density at radius 1 is 1.29 bits per heavy atom. The number of hydrogen-bond donors (Lipinski definition) is 1. The number of likely N-dealkylation sites (tertiary alicyclic amines) is 1. The molecule has 7 heteroatoms. The molecule has 7 nitrogen and oxygen atoms in total. The Hall–Kier alpha value is -2.28. The Balaban J connectivity index is 1.57. The lowest BCUT2D eigenvalue weighted by molar-refractivity contribution is -0.193. The molecule has 0 unspecified atom stereocenters. The van der Waals surface area contributed by atoms with Crippen LogP contribution in [-0.2, 0) is 14.3 Å². The SMILES string of the molecule is CCOc1cccc2c1OC(C)(C)[C@H]1C[C@H]3[C@H](CCCN3C(=O)CCCC(=O)O)O[C@H]21. The fourth-order valence-electron chi connectivity index (χ4n) is 5.38. The minimum absolute atomic E-state index is 0.00632. The Labute approximate surface area is 183 Å². The van der Waals surface area contributed by atoms with Gasteiger partial charge in [0.2, 0.25) is 5.91 Å². The van der Waals surface area contributed by atoms with Gasteiger partial charge in [-0.15, -0.1) is 0 Å². The van der Waals surface area contributed by atoms with E-state index in [1.54, 1.807) is 0 Å². The van der Waals surface area contributed by atoms with Crippen LogP contribution in [-0.4, -0.2) is 52.8 Å². The third kappa shape index (κ3) is 4.25. The highest BCUT2D eigenvalue weighted by molar-refractivity contribution is 5.77. The number of para-hydroxylation sites is 1. The number of benzene rings is 1. The van der Waals surface area contributed by atoms with Gasteiger partial charge in [0.05, 0.1) is 24.9 Å². The van der Waals surface area contributed by atoms with E-state index in [1.807, 2.05) is 24.0 Å². The molecule has 0 saturated carbocycles. The summed E-state index contributed by atoms with van der Waals surface area (Å²) < 4.78 is 19.0. The highest BCUT2D eigenvalue weighted by atomic mass is 16.5. The number of hydrogen-bond acceptors (Lipinski definition) is 5. The quantitative estimate of drug-likeness (QED) is 0.734. The number of amides is 1. The molecule has 3 heterocycles. The van der Waals surface area contributed by atoms with Gasteiger partial charge in [0.25, 0.3) is 0 Å². The highest BCUT2D eigenvalue weighted by Gasteiger charge is 2.53. The molecule has 0 spiro atoms. The number of rotatable bonds is 6. The maximum absolute atomic E-state index is 12.9. The van der Waals surface area contributed by atoms with Gasteiger partial charge in [-0.3, -0.25) is 9.59 Å². The first-order valence-corrected chi connectivity index (χ1v) is 11.4. The predicted octanol–water partition coefficient (Wildman–Crippen LogP) is 3.95. The van der Waals surface area contributed by atoms with Crippen molar-refractivity contribution in [1.29, 1.82) is 0 Å². The van der Waals surface area contributed by atoms with Crippen LogP contribution in [0, 0.1) is 5.92 Å². The molecule has 4 rings (SSSR count). The maximum atomic E-state index is 12.9. The van der Waals surface area contributed by atoms with E-state index in [9.17, 15) is 9.59 Å². The Morgan fingerprint density at radius 2 is 2.10 bits per heavy atom. The molecule has 1 aromatic rings. The van der Waals surface area contributed by atoms with Gasteiger partial charge in [-0.05, 0) is 52.5 Å². The van der Waals surface area contributed by atoms with E-state index < -0.39 is 11.6 Å². The number of fused-ring (bicyclic) bond motifs is 4. The molecule has 0 bridgehead atoms. The summed E-state index contributed by atoms with van der Waals surface area (Å²) in [4.78, 5) is 25.7. The smallest absolute Gasteiger partial charge is 0.303 e. The second-order valence-electron chi connectivity index (χ2n) is 9.29. The lowest BCUT2D eigenvalue weighted by Gasteiger charge is -2.54. The molecule has 1 aromatic carbocycles. The van der Waals surface area contributed by atoms with Crippen LogP contribution in [0.1, 0.15) is 71.0 Å². The number of aliphatic carboxylic acids is 1. The molecule has 3 aliphatic rings. The average molecular weight is 432 g/mol. The second kappa shape index (κ2) is 8.69. The topological polar surface area (TPSA) is 85.3 Å². The number of nitrogens with zero attached hydrogens (tertiary/aromatic N) is 1. The number of carboxylic acid groups (broad SMARTS) is 1. The van der Waals surface area contributed by atoms with Gasteiger partial charge in [0.15, 0.2) is 11.5 Å². The van der Waals surface area contributed by atoms with Crippen LogP contribution in [0.3, 0.4) is 0 Å². The van der Waals surface area contributed by atoms with Crippen LogP contribution in [0.15, 0.2) is 18.2 Å². The fraction of sp³-hybridized carbons (Fsp3) is 0.667. The molecular formula is C24H33NO6. The van der Waals surface area contributed by atoms with Crippen LogP contribution in [0.25, 0.3) is 0 Å². The molecule has 31 heavy (non-hydrogen) atoms. The third-order valence-corrected chi connectivity index (χ3v) is 6.87. The largest absolute Gasteiger partial charge is 0.490 e. The Kier molecular flexibility index (Phi) is 6.15. The van der Waals surface area contributed by atoms with E-state index in [0.29, 0.717) is 19.6 Å². The minimum Gasteiger partial charge on any atom is -0.490 e. The van der Waals surface area contributed by atoms with Crippen molar-refractivity contribution >= 4 is 11.9 Å². The van der Waals surface area contributed by atoms with E-state index in [1.165, 1.54) is 0 Å². The molecule has 0 radical (unpaired) electrons. The van der Waals surface area contributed by atoms with Crippen LogP contribution in [0.4, 0.5) is 0 Å². The molecule has 0 aliphatic carbocycles. The van der Waals surface area contributed by atoms with Crippen molar-refractivity contribution in [3.63, 3.8) is 0 Å². The molecular weight excluding hydrogens is 398 g/mol. The molecule has 170 valence electrons. The summed E-state index contributed by atoms with van der Waals surface area (Å²) in [5.74, 6) is 0.791. The van der Waals surface area contributed by atoms with E-state index in [-0.39, 0.29) is 42.9 Å².